The second kappa shape index (κ2) is 7.46. The highest BCUT2D eigenvalue weighted by Gasteiger charge is 2.33. The molecule has 1 aliphatic heterocycles. The Balaban J connectivity index is 2.37. The maximum atomic E-state index is 8.20. The van der Waals surface area contributed by atoms with Crippen molar-refractivity contribution in [3.05, 3.63) is 10.4 Å². The van der Waals surface area contributed by atoms with E-state index in [9.17, 15) is 0 Å². The van der Waals surface area contributed by atoms with Crippen molar-refractivity contribution in [1.82, 2.24) is 4.90 Å². The fourth-order valence-corrected chi connectivity index (χ4v) is 1.98. The maximum absolute atomic E-state index is 8.20. The Kier molecular flexibility index (Phi) is 6.18. The molecule has 1 aliphatic rings. The van der Waals surface area contributed by atoms with E-state index in [0.29, 0.717) is 19.8 Å². The van der Waals surface area contributed by atoms with Gasteiger partial charge < -0.3 is 9.47 Å². The van der Waals surface area contributed by atoms with Crippen LogP contribution in [-0.4, -0.2) is 56.5 Å². The van der Waals surface area contributed by atoms with Gasteiger partial charge in [-0.05, 0) is 19.4 Å². The zero-order valence-corrected chi connectivity index (χ0v) is 10.0. The zero-order chi connectivity index (χ0) is 11.8. The van der Waals surface area contributed by atoms with Gasteiger partial charge in [-0.15, -0.1) is 0 Å². The summed E-state index contributed by atoms with van der Waals surface area (Å²) in [6.07, 6.45) is 0.298. The van der Waals surface area contributed by atoms with E-state index in [1.807, 2.05) is 13.8 Å². The molecular weight excluding hydrogens is 208 g/mol. The number of hydrogen-bond donors (Lipinski definition) is 0. The van der Waals surface area contributed by atoms with E-state index in [4.69, 9.17) is 15.0 Å². The topological polar surface area (TPSA) is 70.5 Å². The van der Waals surface area contributed by atoms with Crippen LogP contribution in [0.2, 0.25) is 0 Å². The molecule has 1 rings (SSSR count). The van der Waals surface area contributed by atoms with Crippen molar-refractivity contribution in [2.75, 3.05) is 39.4 Å². The van der Waals surface area contributed by atoms with E-state index in [0.717, 1.165) is 19.6 Å². The molecular formula is C10H20N4O2. The zero-order valence-electron chi connectivity index (χ0n) is 10.0. The molecule has 0 radical (unpaired) electrons. The summed E-state index contributed by atoms with van der Waals surface area (Å²) in [5, 5.41) is 3.53. The van der Waals surface area contributed by atoms with E-state index in [1.54, 1.807) is 0 Å². The molecule has 0 aliphatic carbocycles. The van der Waals surface area contributed by atoms with Gasteiger partial charge in [-0.2, -0.15) is 0 Å². The van der Waals surface area contributed by atoms with Gasteiger partial charge in [-0.3, -0.25) is 4.90 Å². The molecule has 1 saturated heterocycles. The highest BCUT2D eigenvalue weighted by molar-refractivity contribution is 4.86. The Morgan fingerprint density at radius 2 is 1.81 bits per heavy atom. The molecule has 1 heterocycles. The standard InChI is InChI=1S/C10H20N4O2/c1-3-15-9-7-14(6-5-12-13-11)8-10(9)16-4-2/h9-10H,3-8H2,1-2H3. The second-order valence-electron chi connectivity index (χ2n) is 3.70. The summed E-state index contributed by atoms with van der Waals surface area (Å²) in [6.45, 7) is 8.40. The number of likely N-dealkylation sites (tertiary alicyclic amines) is 1. The first-order valence-electron chi connectivity index (χ1n) is 5.78. The Labute approximate surface area is 96.1 Å². The van der Waals surface area contributed by atoms with Crippen molar-refractivity contribution in [2.24, 2.45) is 5.11 Å². The van der Waals surface area contributed by atoms with Gasteiger partial charge in [0.25, 0.3) is 0 Å². The van der Waals surface area contributed by atoms with E-state index >= 15 is 0 Å². The highest BCUT2D eigenvalue weighted by Crippen LogP contribution is 2.16. The number of ether oxygens (including phenoxy) is 2. The lowest BCUT2D eigenvalue weighted by Gasteiger charge is -2.17. The van der Waals surface area contributed by atoms with Gasteiger partial charge in [0.2, 0.25) is 0 Å². The van der Waals surface area contributed by atoms with Gasteiger partial charge in [0, 0.05) is 44.3 Å². The van der Waals surface area contributed by atoms with Crippen molar-refractivity contribution in [2.45, 2.75) is 26.1 Å². The second-order valence-corrected chi connectivity index (χ2v) is 3.70. The summed E-state index contributed by atoms with van der Waals surface area (Å²) in [6, 6.07) is 0. The summed E-state index contributed by atoms with van der Waals surface area (Å²) in [5.41, 5.74) is 8.20. The first-order chi connectivity index (χ1) is 7.81. The van der Waals surface area contributed by atoms with E-state index in [-0.39, 0.29) is 12.2 Å². The first-order valence-corrected chi connectivity index (χ1v) is 5.78. The van der Waals surface area contributed by atoms with Crippen LogP contribution in [0.1, 0.15) is 13.8 Å². The lowest BCUT2D eigenvalue weighted by atomic mass is 10.2. The molecule has 0 bridgehead atoms. The summed E-state index contributed by atoms with van der Waals surface area (Å²) in [7, 11) is 0. The number of azide groups is 1. The molecule has 0 aromatic carbocycles. The monoisotopic (exact) mass is 228 g/mol. The van der Waals surface area contributed by atoms with Crippen molar-refractivity contribution in [1.29, 1.82) is 0 Å². The summed E-state index contributed by atoms with van der Waals surface area (Å²) in [5.74, 6) is 0. The molecule has 0 spiro atoms. The van der Waals surface area contributed by atoms with Crippen molar-refractivity contribution >= 4 is 0 Å². The first kappa shape index (κ1) is 13.3. The number of hydrogen-bond acceptors (Lipinski definition) is 4. The van der Waals surface area contributed by atoms with Gasteiger partial charge in [0.05, 0.1) is 12.2 Å². The molecule has 0 aromatic heterocycles. The van der Waals surface area contributed by atoms with Crippen molar-refractivity contribution in [3.8, 4) is 0 Å². The summed E-state index contributed by atoms with van der Waals surface area (Å²) in [4.78, 5) is 4.96. The van der Waals surface area contributed by atoms with Crippen LogP contribution in [0, 0.1) is 0 Å². The van der Waals surface area contributed by atoms with Crippen LogP contribution in [0.4, 0.5) is 0 Å². The summed E-state index contributed by atoms with van der Waals surface area (Å²) < 4.78 is 11.3. The van der Waals surface area contributed by atoms with Crippen LogP contribution in [0.3, 0.4) is 0 Å². The minimum Gasteiger partial charge on any atom is -0.374 e. The van der Waals surface area contributed by atoms with Crippen LogP contribution in [0.5, 0.6) is 0 Å². The molecule has 2 atom stereocenters. The van der Waals surface area contributed by atoms with Crippen LogP contribution in [-0.2, 0) is 9.47 Å². The highest BCUT2D eigenvalue weighted by atomic mass is 16.5. The molecule has 0 aromatic rings. The van der Waals surface area contributed by atoms with Gasteiger partial charge in [0.15, 0.2) is 0 Å². The van der Waals surface area contributed by atoms with Crippen LogP contribution in [0.25, 0.3) is 10.4 Å². The van der Waals surface area contributed by atoms with Gasteiger partial charge in [-0.1, -0.05) is 5.11 Å². The largest absolute Gasteiger partial charge is 0.374 e. The SMILES string of the molecule is CCOC1CN(CCN=[N+]=[N-])CC1OCC. The fraction of sp³-hybridized carbons (Fsp3) is 1.00. The van der Waals surface area contributed by atoms with Gasteiger partial charge >= 0.3 is 0 Å². The van der Waals surface area contributed by atoms with Gasteiger partial charge in [-0.25, -0.2) is 0 Å². The third-order valence-electron chi connectivity index (χ3n) is 2.63. The lowest BCUT2D eigenvalue weighted by molar-refractivity contribution is -0.0388. The molecule has 0 N–H and O–H groups in total. The number of nitrogens with zero attached hydrogens (tertiary/aromatic N) is 4. The average Bonchev–Trinajstić information content (AvgIpc) is 2.63. The predicted molar refractivity (Wildman–Crippen MR) is 61.3 cm³/mol. The quantitative estimate of drug-likeness (QED) is 0.376. The molecule has 92 valence electrons. The molecule has 16 heavy (non-hydrogen) atoms. The van der Waals surface area contributed by atoms with Crippen LogP contribution in [0.15, 0.2) is 5.11 Å². The smallest absolute Gasteiger partial charge is 0.0975 e. The molecule has 6 heteroatoms. The van der Waals surface area contributed by atoms with Crippen molar-refractivity contribution < 1.29 is 9.47 Å². The molecule has 1 fully saturated rings. The number of rotatable bonds is 7. The van der Waals surface area contributed by atoms with Gasteiger partial charge in [0.1, 0.15) is 0 Å². The Morgan fingerprint density at radius 1 is 1.25 bits per heavy atom. The minimum atomic E-state index is 0.149. The van der Waals surface area contributed by atoms with E-state index < -0.39 is 0 Å². The van der Waals surface area contributed by atoms with Crippen molar-refractivity contribution in [3.63, 3.8) is 0 Å². The minimum absolute atomic E-state index is 0.149. The van der Waals surface area contributed by atoms with Crippen LogP contribution >= 0.6 is 0 Å². The molecule has 2 unspecified atom stereocenters. The normalized spacial score (nSPS) is 25.6. The van der Waals surface area contributed by atoms with E-state index in [2.05, 4.69) is 14.9 Å². The Bertz CT molecular complexity index is 229. The van der Waals surface area contributed by atoms with E-state index in [1.165, 1.54) is 0 Å². The predicted octanol–water partition coefficient (Wildman–Crippen LogP) is 1.42. The Morgan fingerprint density at radius 3 is 2.25 bits per heavy atom. The third kappa shape index (κ3) is 3.98. The molecule has 0 saturated carbocycles. The average molecular weight is 228 g/mol. The third-order valence-corrected chi connectivity index (χ3v) is 2.63. The van der Waals surface area contributed by atoms with Crippen LogP contribution < -0.4 is 0 Å². The molecule has 6 nitrogen and oxygen atoms in total. The summed E-state index contributed by atoms with van der Waals surface area (Å²) >= 11 is 0. The lowest BCUT2D eigenvalue weighted by Crippen LogP contribution is -2.29. The fourth-order valence-electron chi connectivity index (χ4n) is 1.98. The Hall–Kier alpha value is -0.810. The maximum Gasteiger partial charge on any atom is 0.0975 e. The molecule has 0 amide bonds.